The number of carbonyl (C=O) groups excluding carboxylic acids is 1. The van der Waals surface area contributed by atoms with Gasteiger partial charge in [-0.05, 0) is 61.0 Å². The molecule has 3 aliphatic rings. The zero-order valence-electron chi connectivity index (χ0n) is 21.3. The first-order chi connectivity index (χ1) is 18.6. The number of benzene rings is 2. The van der Waals surface area contributed by atoms with Crippen LogP contribution in [0.25, 0.3) is 5.00 Å². The lowest BCUT2D eigenvalue weighted by atomic mass is 10.00. The van der Waals surface area contributed by atoms with Gasteiger partial charge in [0, 0.05) is 41.5 Å². The van der Waals surface area contributed by atoms with E-state index in [1.165, 1.54) is 21.0 Å². The maximum atomic E-state index is 14.1. The van der Waals surface area contributed by atoms with E-state index in [4.69, 9.17) is 14.2 Å². The third kappa shape index (κ3) is 3.81. The summed E-state index contributed by atoms with van der Waals surface area (Å²) in [6, 6.07) is 17.2. The second-order valence-electron chi connectivity index (χ2n) is 9.88. The molecule has 0 aliphatic carbocycles. The van der Waals surface area contributed by atoms with E-state index >= 15 is 0 Å². The number of aromatic nitrogens is 1. The predicted octanol–water partition coefficient (Wildman–Crippen LogP) is 5.40. The van der Waals surface area contributed by atoms with Gasteiger partial charge in [-0.15, -0.1) is 11.3 Å². The lowest BCUT2D eigenvalue weighted by Gasteiger charge is -2.32. The van der Waals surface area contributed by atoms with Crippen LogP contribution in [-0.2, 0) is 19.5 Å². The molecule has 0 spiro atoms. The molecular weight excluding hydrogens is 500 g/mol. The second-order valence-corrected chi connectivity index (χ2v) is 11.0. The summed E-state index contributed by atoms with van der Waals surface area (Å²) in [7, 11) is 3.83. The maximum absolute atomic E-state index is 14.1. The molecule has 0 bridgehead atoms. The van der Waals surface area contributed by atoms with Gasteiger partial charge in [-0.25, -0.2) is 4.79 Å². The normalized spacial score (nSPS) is 17.8. The minimum Gasteiger partial charge on any atom is -0.497 e. The Labute approximate surface area is 225 Å². The Morgan fingerprint density at radius 2 is 1.89 bits per heavy atom. The van der Waals surface area contributed by atoms with Crippen molar-refractivity contribution in [3.05, 3.63) is 88.1 Å². The fraction of sp³-hybridized carbons (Fsp3) is 0.276. The summed E-state index contributed by atoms with van der Waals surface area (Å²) < 4.78 is 18.7. The summed E-state index contributed by atoms with van der Waals surface area (Å²) in [5.74, 6) is 2.11. The number of anilines is 1. The first kappa shape index (κ1) is 23.2. The molecule has 8 nitrogen and oxygen atoms in total. The Morgan fingerprint density at radius 3 is 2.74 bits per heavy atom. The van der Waals surface area contributed by atoms with Crippen LogP contribution in [0.1, 0.15) is 33.3 Å². The summed E-state index contributed by atoms with van der Waals surface area (Å²) in [6.07, 6.45) is 3.11. The van der Waals surface area contributed by atoms with Crippen LogP contribution in [0.2, 0.25) is 0 Å². The first-order valence-corrected chi connectivity index (χ1v) is 13.5. The van der Waals surface area contributed by atoms with E-state index in [0.717, 1.165) is 36.5 Å². The molecule has 2 aromatic carbocycles. The number of amides is 2. The Bertz CT molecular complexity index is 1530. The van der Waals surface area contributed by atoms with Crippen molar-refractivity contribution in [2.24, 2.45) is 0 Å². The van der Waals surface area contributed by atoms with Crippen LogP contribution >= 0.6 is 11.3 Å². The van der Waals surface area contributed by atoms with E-state index in [1.54, 1.807) is 7.11 Å². The molecule has 1 N–H and O–H groups in total. The van der Waals surface area contributed by atoms with Gasteiger partial charge in [0.15, 0.2) is 11.5 Å². The van der Waals surface area contributed by atoms with E-state index in [1.807, 2.05) is 58.7 Å². The lowest BCUT2D eigenvalue weighted by molar-refractivity contribution is 0.174. The molecule has 0 unspecified atom stereocenters. The van der Waals surface area contributed by atoms with Gasteiger partial charge in [0.05, 0.1) is 25.4 Å². The van der Waals surface area contributed by atoms with Gasteiger partial charge in [-0.1, -0.05) is 12.1 Å². The molecule has 5 heterocycles. The van der Waals surface area contributed by atoms with Gasteiger partial charge in [0.1, 0.15) is 10.8 Å². The van der Waals surface area contributed by atoms with Gasteiger partial charge in [-0.3, -0.25) is 0 Å². The van der Waals surface area contributed by atoms with Gasteiger partial charge >= 0.3 is 6.03 Å². The van der Waals surface area contributed by atoms with Crippen LogP contribution in [0.4, 0.5) is 10.5 Å². The van der Waals surface area contributed by atoms with Crippen molar-refractivity contribution in [1.82, 2.24) is 14.4 Å². The van der Waals surface area contributed by atoms with Crippen molar-refractivity contribution in [3.8, 4) is 22.2 Å². The highest BCUT2D eigenvalue weighted by Gasteiger charge is 2.36. The zero-order valence-corrected chi connectivity index (χ0v) is 22.1. The van der Waals surface area contributed by atoms with Crippen molar-refractivity contribution in [2.75, 3.05) is 32.8 Å². The van der Waals surface area contributed by atoms with Crippen molar-refractivity contribution in [2.45, 2.75) is 25.6 Å². The fourth-order valence-electron chi connectivity index (χ4n) is 5.66. The SMILES string of the molecule is COc1ccc([C@@H]2c3cccn3-c3sc4c(c3CN2C(=O)Nc2ccc3c(c2)OCO3)CCN(C)C4)cc1. The summed E-state index contributed by atoms with van der Waals surface area (Å²) in [5, 5.41) is 4.35. The Kier molecular flexibility index (Phi) is 5.56. The van der Waals surface area contributed by atoms with Crippen LogP contribution in [-0.4, -0.2) is 47.9 Å². The Morgan fingerprint density at radius 1 is 1.05 bits per heavy atom. The van der Waals surface area contributed by atoms with Gasteiger partial charge in [0.2, 0.25) is 6.79 Å². The minimum atomic E-state index is -0.286. The number of rotatable bonds is 3. The zero-order chi connectivity index (χ0) is 25.8. The quantitative estimate of drug-likeness (QED) is 0.386. The van der Waals surface area contributed by atoms with Crippen molar-refractivity contribution >= 4 is 23.1 Å². The van der Waals surface area contributed by atoms with Gasteiger partial charge in [-0.2, -0.15) is 0 Å². The Balaban J connectivity index is 1.33. The van der Waals surface area contributed by atoms with Crippen LogP contribution in [0, 0.1) is 0 Å². The number of ether oxygens (including phenoxy) is 3. The number of nitrogens with zero attached hydrogens (tertiary/aromatic N) is 3. The molecule has 0 radical (unpaired) electrons. The largest absolute Gasteiger partial charge is 0.497 e. The number of urea groups is 1. The topological polar surface area (TPSA) is 68.2 Å². The highest BCUT2D eigenvalue weighted by Crippen LogP contribution is 2.44. The highest BCUT2D eigenvalue weighted by atomic mass is 32.1. The molecule has 2 amide bonds. The standard InChI is InChI=1S/C29H28N4O4S/c1-31-13-11-21-22-15-33(29(34)30-19-7-10-24-25(14-19)37-17-36-24)27(18-5-8-20(35-2)9-6-18)23-4-3-12-32(23)28(22)38-26(21)16-31/h3-10,12,14,27H,11,13,15-17H2,1-2H3,(H,30,34)/t27-/m1/s1. The molecule has 0 saturated carbocycles. The van der Waals surface area contributed by atoms with E-state index < -0.39 is 0 Å². The van der Waals surface area contributed by atoms with E-state index in [0.29, 0.717) is 23.7 Å². The molecule has 0 saturated heterocycles. The fourth-order valence-corrected chi connectivity index (χ4v) is 7.10. The number of methoxy groups -OCH3 is 1. The molecule has 2 aromatic heterocycles. The molecule has 1 atom stereocenters. The minimum absolute atomic E-state index is 0.168. The molecule has 194 valence electrons. The number of thiophene rings is 1. The summed E-state index contributed by atoms with van der Waals surface area (Å²) >= 11 is 1.85. The van der Waals surface area contributed by atoms with Crippen LogP contribution in [0.15, 0.2) is 60.8 Å². The van der Waals surface area contributed by atoms with Crippen molar-refractivity contribution < 1.29 is 19.0 Å². The molecule has 9 heteroatoms. The molecule has 38 heavy (non-hydrogen) atoms. The number of fused-ring (bicyclic) bond motifs is 6. The number of carbonyl (C=O) groups is 1. The third-order valence-corrected chi connectivity index (χ3v) is 8.83. The second kappa shape index (κ2) is 9.11. The number of nitrogens with one attached hydrogen (secondary N) is 1. The average molecular weight is 529 g/mol. The summed E-state index contributed by atoms with van der Waals surface area (Å²) in [4.78, 5) is 19.8. The Hall–Kier alpha value is -3.95. The van der Waals surface area contributed by atoms with E-state index in [2.05, 4.69) is 40.2 Å². The molecule has 7 rings (SSSR count). The lowest BCUT2D eigenvalue weighted by Crippen LogP contribution is -2.38. The van der Waals surface area contributed by atoms with Gasteiger partial charge in [0.25, 0.3) is 0 Å². The van der Waals surface area contributed by atoms with Crippen LogP contribution < -0.4 is 19.5 Å². The van der Waals surface area contributed by atoms with E-state index in [-0.39, 0.29) is 18.9 Å². The smallest absolute Gasteiger partial charge is 0.322 e. The molecule has 3 aliphatic heterocycles. The number of hydrogen-bond donors (Lipinski definition) is 1. The number of hydrogen-bond acceptors (Lipinski definition) is 6. The summed E-state index contributed by atoms with van der Waals surface area (Å²) in [6.45, 7) is 2.66. The molecule has 0 fully saturated rings. The van der Waals surface area contributed by atoms with Crippen molar-refractivity contribution in [1.29, 1.82) is 0 Å². The average Bonchev–Trinajstić information content (AvgIpc) is 3.65. The van der Waals surface area contributed by atoms with Crippen LogP contribution in [0.5, 0.6) is 17.2 Å². The van der Waals surface area contributed by atoms with E-state index in [9.17, 15) is 4.79 Å². The van der Waals surface area contributed by atoms with Crippen molar-refractivity contribution in [3.63, 3.8) is 0 Å². The third-order valence-electron chi connectivity index (χ3n) is 7.57. The van der Waals surface area contributed by atoms with Crippen LogP contribution in [0.3, 0.4) is 0 Å². The highest BCUT2D eigenvalue weighted by molar-refractivity contribution is 7.15. The van der Waals surface area contributed by atoms with Gasteiger partial charge < -0.3 is 33.9 Å². The predicted molar refractivity (Wildman–Crippen MR) is 146 cm³/mol. The summed E-state index contributed by atoms with van der Waals surface area (Å²) in [5.41, 5.74) is 5.38. The first-order valence-electron chi connectivity index (χ1n) is 12.7. The maximum Gasteiger partial charge on any atom is 0.322 e. The molecule has 4 aromatic rings. The molecular formula is C29H28N4O4S. The number of likely N-dealkylation sites (N-methyl/N-ethyl adjacent to an activating group) is 1. The monoisotopic (exact) mass is 528 g/mol.